The molecule has 3 N–H and O–H groups in total. The number of nitrogens with two attached hydrogens (primary N) is 1. The third kappa shape index (κ3) is 2.87. The van der Waals surface area contributed by atoms with Gasteiger partial charge in [0, 0.05) is 37.3 Å². The van der Waals surface area contributed by atoms with Crippen LogP contribution in [0.2, 0.25) is 0 Å². The molecular weight excluding hydrogens is 230 g/mol. The summed E-state index contributed by atoms with van der Waals surface area (Å²) < 4.78 is 0. The average Bonchev–Trinajstić information content (AvgIpc) is 2.77. The Morgan fingerprint density at radius 3 is 2.61 bits per heavy atom. The van der Waals surface area contributed by atoms with Crippen molar-refractivity contribution in [3.05, 3.63) is 24.3 Å². The Kier molecular flexibility index (Phi) is 3.94. The summed E-state index contributed by atoms with van der Waals surface area (Å²) in [4.78, 5) is 24.7. The van der Waals surface area contributed by atoms with Gasteiger partial charge in [0.2, 0.25) is 11.8 Å². The molecule has 1 heterocycles. The van der Waals surface area contributed by atoms with Crippen molar-refractivity contribution in [2.75, 3.05) is 23.3 Å². The van der Waals surface area contributed by atoms with Crippen molar-refractivity contribution in [2.24, 2.45) is 5.73 Å². The molecule has 0 unspecified atom stereocenters. The maximum absolute atomic E-state index is 11.6. The largest absolute Gasteiger partial charge is 0.330 e. The molecule has 0 saturated carbocycles. The lowest BCUT2D eigenvalue weighted by molar-refractivity contribution is -0.117. The molecule has 0 atom stereocenters. The fraction of sp³-hybridized carbons (Fsp3) is 0.385. The summed E-state index contributed by atoms with van der Waals surface area (Å²) in [5.74, 6) is 0.0671. The van der Waals surface area contributed by atoms with Crippen LogP contribution in [0.4, 0.5) is 11.4 Å². The minimum atomic E-state index is -0.0949. The molecule has 2 amide bonds. The second-order valence-corrected chi connectivity index (χ2v) is 4.28. The Labute approximate surface area is 106 Å². The van der Waals surface area contributed by atoms with Crippen LogP contribution in [-0.4, -0.2) is 24.9 Å². The van der Waals surface area contributed by atoms with Crippen molar-refractivity contribution < 1.29 is 9.59 Å². The van der Waals surface area contributed by atoms with E-state index in [1.54, 1.807) is 17.0 Å². The second-order valence-electron chi connectivity index (χ2n) is 4.28. The molecule has 1 saturated heterocycles. The molecule has 1 aliphatic rings. The number of hydrogen-bond acceptors (Lipinski definition) is 3. The lowest BCUT2D eigenvalue weighted by Gasteiger charge is -2.16. The van der Waals surface area contributed by atoms with E-state index in [9.17, 15) is 9.59 Å². The zero-order valence-corrected chi connectivity index (χ0v) is 10.2. The van der Waals surface area contributed by atoms with Crippen LogP contribution in [-0.2, 0) is 9.59 Å². The minimum Gasteiger partial charge on any atom is -0.330 e. The summed E-state index contributed by atoms with van der Waals surface area (Å²) in [5, 5.41) is 2.75. The van der Waals surface area contributed by atoms with Crippen molar-refractivity contribution in [1.29, 1.82) is 0 Å². The Morgan fingerprint density at radius 1 is 1.33 bits per heavy atom. The lowest BCUT2D eigenvalue weighted by atomic mass is 10.2. The van der Waals surface area contributed by atoms with Gasteiger partial charge in [-0.25, -0.2) is 0 Å². The van der Waals surface area contributed by atoms with Crippen molar-refractivity contribution in [3.63, 3.8) is 0 Å². The number of benzene rings is 1. The Morgan fingerprint density at radius 2 is 2.06 bits per heavy atom. The monoisotopic (exact) mass is 247 g/mol. The van der Waals surface area contributed by atoms with Crippen LogP contribution >= 0.6 is 0 Å². The van der Waals surface area contributed by atoms with Crippen molar-refractivity contribution in [1.82, 2.24) is 0 Å². The third-order valence-electron chi connectivity index (χ3n) is 2.91. The molecule has 1 fully saturated rings. The molecule has 96 valence electrons. The molecular formula is C13H17N3O2. The topological polar surface area (TPSA) is 75.4 Å². The van der Waals surface area contributed by atoms with Gasteiger partial charge in [0.1, 0.15) is 0 Å². The number of nitrogens with zero attached hydrogens (tertiary/aromatic N) is 1. The Hall–Kier alpha value is -1.88. The van der Waals surface area contributed by atoms with Gasteiger partial charge in [-0.3, -0.25) is 9.59 Å². The van der Waals surface area contributed by atoms with E-state index in [1.807, 2.05) is 12.1 Å². The van der Waals surface area contributed by atoms with E-state index >= 15 is 0 Å². The third-order valence-corrected chi connectivity index (χ3v) is 2.91. The highest BCUT2D eigenvalue weighted by atomic mass is 16.2. The molecule has 5 heteroatoms. The van der Waals surface area contributed by atoms with E-state index in [-0.39, 0.29) is 11.8 Å². The zero-order chi connectivity index (χ0) is 13.0. The molecule has 1 aromatic carbocycles. The van der Waals surface area contributed by atoms with E-state index in [2.05, 4.69) is 5.32 Å². The van der Waals surface area contributed by atoms with Crippen molar-refractivity contribution >= 4 is 23.2 Å². The molecule has 5 nitrogen and oxygen atoms in total. The zero-order valence-electron chi connectivity index (χ0n) is 10.2. The fourth-order valence-corrected chi connectivity index (χ4v) is 2.00. The van der Waals surface area contributed by atoms with Crippen LogP contribution in [0, 0.1) is 0 Å². The standard InChI is InChI=1S/C13H17N3O2/c14-8-7-12(17)15-10-3-5-11(6-4-10)16-9-1-2-13(16)18/h3-6H,1-2,7-9,14H2,(H,15,17). The van der Waals surface area contributed by atoms with Crippen LogP contribution < -0.4 is 16.0 Å². The highest BCUT2D eigenvalue weighted by Gasteiger charge is 2.21. The maximum Gasteiger partial charge on any atom is 0.227 e. The molecule has 1 aromatic rings. The number of amides is 2. The maximum atomic E-state index is 11.6. The number of carbonyl (C=O) groups excluding carboxylic acids is 2. The highest BCUT2D eigenvalue weighted by molar-refractivity contribution is 5.96. The van der Waals surface area contributed by atoms with Gasteiger partial charge in [-0.15, -0.1) is 0 Å². The Balaban J connectivity index is 2.01. The van der Waals surface area contributed by atoms with Crippen LogP contribution in [0.25, 0.3) is 0 Å². The van der Waals surface area contributed by atoms with Gasteiger partial charge in [-0.05, 0) is 30.7 Å². The van der Waals surface area contributed by atoms with E-state index in [0.29, 0.717) is 19.4 Å². The van der Waals surface area contributed by atoms with Crippen molar-refractivity contribution in [2.45, 2.75) is 19.3 Å². The molecule has 0 aromatic heterocycles. The summed E-state index contributed by atoms with van der Waals surface area (Å²) in [7, 11) is 0. The number of anilines is 2. The van der Waals surface area contributed by atoms with E-state index in [0.717, 1.165) is 24.3 Å². The quantitative estimate of drug-likeness (QED) is 0.836. The first-order chi connectivity index (χ1) is 8.70. The summed E-state index contributed by atoms with van der Waals surface area (Å²) in [6.07, 6.45) is 1.84. The van der Waals surface area contributed by atoms with Gasteiger partial charge in [0.15, 0.2) is 0 Å². The predicted molar refractivity (Wildman–Crippen MR) is 70.3 cm³/mol. The summed E-state index contributed by atoms with van der Waals surface area (Å²) in [5.41, 5.74) is 6.91. The van der Waals surface area contributed by atoms with Gasteiger partial charge in [0.05, 0.1) is 0 Å². The summed E-state index contributed by atoms with van der Waals surface area (Å²) in [6.45, 7) is 1.11. The molecule has 1 aliphatic heterocycles. The second kappa shape index (κ2) is 5.64. The molecule has 2 rings (SSSR count). The fourth-order valence-electron chi connectivity index (χ4n) is 2.00. The normalized spacial score (nSPS) is 14.9. The van der Waals surface area contributed by atoms with Gasteiger partial charge < -0.3 is 16.0 Å². The first-order valence-electron chi connectivity index (χ1n) is 6.11. The van der Waals surface area contributed by atoms with E-state index in [1.165, 1.54) is 0 Å². The number of hydrogen-bond donors (Lipinski definition) is 2. The van der Waals surface area contributed by atoms with Gasteiger partial charge in [0.25, 0.3) is 0 Å². The molecule has 0 spiro atoms. The van der Waals surface area contributed by atoms with E-state index in [4.69, 9.17) is 5.73 Å². The first-order valence-corrected chi connectivity index (χ1v) is 6.11. The molecule has 0 bridgehead atoms. The van der Waals surface area contributed by atoms with Crippen LogP contribution in [0.1, 0.15) is 19.3 Å². The predicted octanol–water partition coefficient (Wildman–Crippen LogP) is 1.10. The highest BCUT2D eigenvalue weighted by Crippen LogP contribution is 2.22. The number of carbonyl (C=O) groups is 2. The number of nitrogens with one attached hydrogen (secondary N) is 1. The number of rotatable bonds is 4. The average molecular weight is 247 g/mol. The summed E-state index contributed by atoms with van der Waals surface area (Å²) >= 11 is 0. The first kappa shape index (κ1) is 12.6. The molecule has 0 radical (unpaired) electrons. The molecule has 18 heavy (non-hydrogen) atoms. The van der Waals surface area contributed by atoms with Crippen LogP contribution in [0.3, 0.4) is 0 Å². The SMILES string of the molecule is NCCC(=O)Nc1ccc(N2CCCC2=O)cc1. The van der Waals surface area contributed by atoms with Crippen LogP contribution in [0.15, 0.2) is 24.3 Å². The lowest BCUT2D eigenvalue weighted by Crippen LogP contribution is -2.23. The smallest absolute Gasteiger partial charge is 0.227 e. The van der Waals surface area contributed by atoms with Gasteiger partial charge >= 0.3 is 0 Å². The summed E-state index contributed by atoms with van der Waals surface area (Å²) in [6, 6.07) is 7.30. The van der Waals surface area contributed by atoms with E-state index < -0.39 is 0 Å². The molecule has 0 aliphatic carbocycles. The van der Waals surface area contributed by atoms with Gasteiger partial charge in [-0.1, -0.05) is 0 Å². The van der Waals surface area contributed by atoms with Crippen LogP contribution in [0.5, 0.6) is 0 Å². The minimum absolute atomic E-state index is 0.0949. The Bertz CT molecular complexity index is 442. The van der Waals surface area contributed by atoms with Gasteiger partial charge in [-0.2, -0.15) is 0 Å². The van der Waals surface area contributed by atoms with Crippen molar-refractivity contribution in [3.8, 4) is 0 Å².